The van der Waals surface area contributed by atoms with Gasteiger partial charge in [0.05, 0.1) is 7.11 Å². The highest BCUT2D eigenvalue weighted by Gasteiger charge is 2.20. The first kappa shape index (κ1) is 16.0. The minimum atomic E-state index is 0.269. The normalized spacial score (nSPS) is 13.5. The summed E-state index contributed by atoms with van der Waals surface area (Å²) in [6.45, 7) is 11.2. The molecule has 4 nitrogen and oxygen atoms in total. The van der Waals surface area contributed by atoms with Gasteiger partial charge in [-0.05, 0) is 42.0 Å². The van der Waals surface area contributed by atoms with Crippen molar-refractivity contribution in [1.29, 1.82) is 0 Å². The van der Waals surface area contributed by atoms with Crippen LogP contribution in [0.5, 0.6) is 17.2 Å². The zero-order valence-corrected chi connectivity index (χ0v) is 13.7. The number of fused-ring (bicyclic) bond motifs is 1. The summed E-state index contributed by atoms with van der Waals surface area (Å²) in [5.41, 5.74) is 1.15. The van der Waals surface area contributed by atoms with Crippen LogP contribution in [-0.2, 0) is 6.54 Å². The lowest BCUT2D eigenvalue weighted by atomic mass is 9.85. The molecule has 0 bridgehead atoms. The van der Waals surface area contributed by atoms with Crippen LogP contribution < -0.4 is 19.5 Å². The Hall–Kier alpha value is -1.42. The summed E-state index contributed by atoms with van der Waals surface area (Å²) in [6, 6.07) is 4.04. The molecular formula is C17H27NO3. The summed E-state index contributed by atoms with van der Waals surface area (Å²) in [5, 5.41) is 3.56. The van der Waals surface area contributed by atoms with Crippen LogP contribution in [0, 0.1) is 17.8 Å². The largest absolute Gasteiger partial charge is 0.493 e. The maximum atomic E-state index is 5.46. The number of hydrogen-bond donors (Lipinski definition) is 1. The number of methoxy groups -OCH3 is 1. The zero-order chi connectivity index (χ0) is 15.4. The van der Waals surface area contributed by atoms with E-state index in [9.17, 15) is 0 Å². The lowest BCUT2D eigenvalue weighted by molar-refractivity contribution is 0.171. The minimum absolute atomic E-state index is 0.269. The van der Waals surface area contributed by atoms with Crippen molar-refractivity contribution in [3.63, 3.8) is 0 Å². The van der Waals surface area contributed by atoms with E-state index in [2.05, 4.69) is 33.0 Å². The molecule has 1 aliphatic heterocycles. The van der Waals surface area contributed by atoms with Crippen molar-refractivity contribution in [2.24, 2.45) is 17.8 Å². The molecule has 0 unspecified atom stereocenters. The van der Waals surface area contributed by atoms with Gasteiger partial charge in [0.15, 0.2) is 11.5 Å². The van der Waals surface area contributed by atoms with Crippen LogP contribution in [0.15, 0.2) is 12.1 Å². The van der Waals surface area contributed by atoms with Gasteiger partial charge in [0.25, 0.3) is 0 Å². The predicted octanol–water partition coefficient (Wildman–Crippen LogP) is 3.44. The lowest BCUT2D eigenvalue weighted by Crippen LogP contribution is -2.29. The Morgan fingerprint density at radius 3 is 2.48 bits per heavy atom. The lowest BCUT2D eigenvalue weighted by Gasteiger charge is -2.25. The third-order valence-electron chi connectivity index (χ3n) is 4.14. The number of rotatable bonds is 7. The molecule has 4 heteroatoms. The molecule has 2 rings (SSSR count). The second-order valence-corrected chi connectivity index (χ2v) is 6.31. The molecule has 0 radical (unpaired) electrons. The Balaban J connectivity index is 1.98. The number of ether oxygens (including phenoxy) is 3. The van der Waals surface area contributed by atoms with Crippen molar-refractivity contribution in [1.82, 2.24) is 5.32 Å². The van der Waals surface area contributed by atoms with Crippen molar-refractivity contribution in [2.75, 3.05) is 20.4 Å². The Bertz CT molecular complexity index is 463. The maximum absolute atomic E-state index is 5.46. The molecule has 1 aliphatic rings. The Morgan fingerprint density at radius 1 is 1.14 bits per heavy atom. The molecule has 0 amide bonds. The van der Waals surface area contributed by atoms with E-state index < -0.39 is 0 Å². The Morgan fingerprint density at radius 2 is 1.86 bits per heavy atom. The molecule has 0 aliphatic carbocycles. The first-order valence-corrected chi connectivity index (χ1v) is 7.70. The first-order chi connectivity index (χ1) is 10.0. The zero-order valence-electron chi connectivity index (χ0n) is 13.7. The first-order valence-electron chi connectivity index (χ1n) is 7.70. The molecule has 1 aromatic rings. The minimum Gasteiger partial charge on any atom is -0.493 e. The van der Waals surface area contributed by atoms with Gasteiger partial charge in [-0.1, -0.05) is 27.7 Å². The molecular weight excluding hydrogens is 266 g/mol. The topological polar surface area (TPSA) is 39.7 Å². The average molecular weight is 293 g/mol. The fraction of sp³-hybridized carbons (Fsp3) is 0.647. The SMILES string of the molecule is COc1cc(CNCC(C(C)C)C(C)C)cc2c1OCO2. The second kappa shape index (κ2) is 7.03. The van der Waals surface area contributed by atoms with E-state index in [4.69, 9.17) is 14.2 Å². The van der Waals surface area contributed by atoms with Crippen molar-refractivity contribution in [3.05, 3.63) is 17.7 Å². The van der Waals surface area contributed by atoms with E-state index in [1.807, 2.05) is 12.1 Å². The van der Waals surface area contributed by atoms with Crippen molar-refractivity contribution in [3.8, 4) is 17.2 Å². The average Bonchev–Trinajstić information content (AvgIpc) is 2.90. The number of benzene rings is 1. The Labute approximate surface area is 127 Å². The van der Waals surface area contributed by atoms with Crippen LogP contribution in [0.1, 0.15) is 33.3 Å². The van der Waals surface area contributed by atoms with Gasteiger partial charge in [-0.25, -0.2) is 0 Å². The van der Waals surface area contributed by atoms with Crippen molar-refractivity contribution in [2.45, 2.75) is 34.2 Å². The summed E-state index contributed by atoms with van der Waals surface area (Å²) in [4.78, 5) is 0. The van der Waals surface area contributed by atoms with Gasteiger partial charge in [0.2, 0.25) is 12.5 Å². The van der Waals surface area contributed by atoms with Crippen LogP contribution >= 0.6 is 0 Å². The third kappa shape index (κ3) is 3.82. The van der Waals surface area contributed by atoms with Crippen LogP contribution in [0.3, 0.4) is 0 Å². The van der Waals surface area contributed by atoms with Gasteiger partial charge >= 0.3 is 0 Å². The molecule has 118 valence electrons. The summed E-state index contributed by atoms with van der Waals surface area (Å²) in [6.07, 6.45) is 0. The van der Waals surface area contributed by atoms with Crippen molar-refractivity contribution >= 4 is 0 Å². The highest BCUT2D eigenvalue weighted by atomic mass is 16.7. The molecule has 0 atom stereocenters. The molecule has 21 heavy (non-hydrogen) atoms. The van der Waals surface area contributed by atoms with E-state index in [0.29, 0.717) is 23.5 Å². The number of hydrogen-bond acceptors (Lipinski definition) is 4. The van der Waals surface area contributed by atoms with E-state index in [1.165, 1.54) is 0 Å². The fourth-order valence-electron chi connectivity index (χ4n) is 2.91. The van der Waals surface area contributed by atoms with Gasteiger partial charge in [-0.15, -0.1) is 0 Å². The summed E-state index contributed by atoms with van der Waals surface area (Å²) in [7, 11) is 1.65. The van der Waals surface area contributed by atoms with E-state index in [1.54, 1.807) is 7.11 Å². The van der Waals surface area contributed by atoms with Gasteiger partial charge in [0, 0.05) is 6.54 Å². The fourth-order valence-corrected chi connectivity index (χ4v) is 2.91. The van der Waals surface area contributed by atoms with Crippen molar-refractivity contribution < 1.29 is 14.2 Å². The van der Waals surface area contributed by atoms with Crippen LogP contribution in [0.25, 0.3) is 0 Å². The second-order valence-electron chi connectivity index (χ2n) is 6.31. The predicted molar refractivity (Wildman–Crippen MR) is 84.0 cm³/mol. The summed E-state index contributed by atoms with van der Waals surface area (Å²) < 4.78 is 16.2. The van der Waals surface area contributed by atoms with E-state index >= 15 is 0 Å². The van der Waals surface area contributed by atoms with Gasteiger partial charge in [-0.2, -0.15) is 0 Å². The van der Waals surface area contributed by atoms with Crippen LogP contribution in [0.2, 0.25) is 0 Å². The molecule has 0 spiro atoms. The molecule has 0 saturated heterocycles. The smallest absolute Gasteiger partial charge is 0.231 e. The summed E-state index contributed by atoms with van der Waals surface area (Å²) in [5.74, 6) is 4.28. The monoisotopic (exact) mass is 293 g/mol. The molecule has 0 aromatic heterocycles. The molecule has 0 saturated carbocycles. The molecule has 1 N–H and O–H groups in total. The van der Waals surface area contributed by atoms with E-state index in [0.717, 1.165) is 30.2 Å². The molecule has 1 aromatic carbocycles. The van der Waals surface area contributed by atoms with E-state index in [-0.39, 0.29) is 6.79 Å². The maximum Gasteiger partial charge on any atom is 0.231 e. The standard InChI is InChI=1S/C17H27NO3/c1-11(2)14(12(3)4)9-18-8-13-6-15(19-5)17-16(7-13)20-10-21-17/h6-7,11-12,14,18H,8-10H2,1-5H3. The number of nitrogens with one attached hydrogen (secondary N) is 1. The van der Waals surface area contributed by atoms with Crippen LogP contribution in [-0.4, -0.2) is 20.4 Å². The quantitative estimate of drug-likeness (QED) is 0.836. The third-order valence-corrected chi connectivity index (χ3v) is 4.14. The summed E-state index contributed by atoms with van der Waals surface area (Å²) >= 11 is 0. The highest BCUT2D eigenvalue weighted by Crippen LogP contribution is 2.41. The van der Waals surface area contributed by atoms with Gasteiger partial charge in [0.1, 0.15) is 0 Å². The van der Waals surface area contributed by atoms with Crippen LogP contribution in [0.4, 0.5) is 0 Å². The Kier molecular flexibility index (Phi) is 5.34. The molecule has 0 fully saturated rings. The molecule has 1 heterocycles. The highest BCUT2D eigenvalue weighted by molar-refractivity contribution is 5.55. The van der Waals surface area contributed by atoms with Gasteiger partial charge in [-0.3, -0.25) is 0 Å². The van der Waals surface area contributed by atoms with Gasteiger partial charge < -0.3 is 19.5 Å².